The molecule has 0 spiro atoms. The molecule has 4 heteroatoms. The highest BCUT2D eigenvalue weighted by Gasteiger charge is 2.41. The minimum Gasteiger partial charge on any atom is -0.462 e. The largest absolute Gasteiger partial charge is 0.462 e. The second kappa shape index (κ2) is 14.6. The van der Waals surface area contributed by atoms with Gasteiger partial charge in [0.15, 0.2) is 0 Å². The van der Waals surface area contributed by atoms with Crippen LogP contribution in [0.5, 0.6) is 0 Å². The van der Waals surface area contributed by atoms with Crippen molar-refractivity contribution in [2.24, 2.45) is 17.8 Å². The Morgan fingerprint density at radius 2 is 1.38 bits per heavy atom. The third-order valence-corrected chi connectivity index (χ3v) is 5.97. The zero-order valence-electron chi connectivity index (χ0n) is 19.5. The highest BCUT2D eigenvalue weighted by Crippen LogP contribution is 2.33. The van der Waals surface area contributed by atoms with Crippen LogP contribution in [0, 0.1) is 17.8 Å². The van der Waals surface area contributed by atoms with E-state index in [0.29, 0.717) is 6.42 Å². The number of hydrogen-bond donors (Lipinski definition) is 0. The molecule has 0 heterocycles. The van der Waals surface area contributed by atoms with E-state index in [2.05, 4.69) is 13.8 Å². The lowest BCUT2D eigenvalue weighted by Gasteiger charge is -2.31. The van der Waals surface area contributed by atoms with Crippen molar-refractivity contribution in [1.29, 1.82) is 0 Å². The summed E-state index contributed by atoms with van der Waals surface area (Å²) in [6, 6.07) is 0. The van der Waals surface area contributed by atoms with Gasteiger partial charge < -0.3 is 9.47 Å². The number of allylic oxidation sites excluding steroid dienone is 2. The molecule has 0 saturated heterocycles. The number of hydrogen-bond acceptors (Lipinski definition) is 4. The van der Waals surface area contributed by atoms with Crippen LogP contribution < -0.4 is 0 Å². The first-order chi connectivity index (χ1) is 13.9. The molecule has 4 nitrogen and oxygen atoms in total. The SMILES string of the molecule is CCCCCCC(C)OC(=O)C1CC=CC(C)C1C(=O)OC(C)CCCCCC. The molecule has 0 radical (unpaired) electrons. The highest BCUT2D eigenvalue weighted by atomic mass is 16.6. The van der Waals surface area contributed by atoms with Crippen LogP contribution in [0.1, 0.15) is 105 Å². The second-order valence-electron chi connectivity index (χ2n) is 8.85. The van der Waals surface area contributed by atoms with E-state index in [1.54, 1.807) is 0 Å². The molecule has 0 aromatic heterocycles. The van der Waals surface area contributed by atoms with E-state index in [-0.39, 0.29) is 30.1 Å². The summed E-state index contributed by atoms with van der Waals surface area (Å²) < 4.78 is 11.5. The minimum absolute atomic E-state index is 0.0130. The van der Waals surface area contributed by atoms with Gasteiger partial charge in [0, 0.05) is 0 Å². The van der Waals surface area contributed by atoms with Gasteiger partial charge in [0.2, 0.25) is 0 Å². The Balaban J connectivity index is 2.58. The normalized spacial score (nSPS) is 23.4. The molecule has 0 amide bonds. The zero-order chi connectivity index (χ0) is 21.6. The van der Waals surface area contributed by atoms with Crippen molar-refractivity contribution < 1.29 is 19.1 Å². The Bertz CT molecular complexity index is 499. The monoisotopic (exact) mass is 408 g/mol. The van der Waals surface area contributed by atoms with Crippen molar-refractivity contribution in [2.45, 2.75) is 117 Å². The first kappa shape index (κ1) is 25.7. The number of rotatable bonds is 14. The lowest BCUT2D eigenvalue weighted by Crippen LogP contribution is -2.39. The van der Waals surface area contributed by atoms with Crippen LogP contribution in [0.25, 0.3) is 0 Å². The third-order valence-electron chi connectivity index (χ3n) is 5.97. The van der Waals surface area contributed by atoms with Gasteiger partial charge in [-0.05, 0) is 51.9 Å². The summed E-state index contributed by atoms with van der Waals surface area (Å²) in [5, 5.41) is 0. The molecule has 1 aliphatic carbocycles. The molecule has 29 heavy (non-hydrogen) atoms. The summed E-state index contributed by atoms with van der Waals surface area (Å²) in [6.07, 6.45) is 15.5. The molecule has 0 aliphatic heterocycles. The standard InChI is InChI=1S/C25H44O4/c1-6-8-10-12-16-20(4)28-24(26)22-18-14-15-19(3)23(22)25(27)29-21(5)17-13-11-9-7-2/h14-15,19-23H,6-13,16-18H2,1-5H3. The molecule has 0 bridgehead atoms. The maximum absolute atomic E-state index is 12.9. The Labute approximate surface area is 178 Å². The van der Waals surface area contributed by atoms with Crippen LogP contribution >= 0.6 is 0 Å². The van der Waals surface area contributed by atoms with E-state index in [1.165, 1.54) is 38.5 Å². The predicted molar refractivity (Wildman–Crippen MR) is 119 cm³/mol. The minimum atomic E-state index is -0.446. The molecule has 0 aromatic rings. The highest BCUT2D eigenvalue weighted by molar-refractivity contribution is 5.83. The maximum Gasteiger partial charge on any atom is 0.310 e. The van der Waals surface area contributed by atoms with E-state index in [4.69, 9.17) is 9.47 Å². The van der Waals surface area contributed by atoms with Gasteiger partial charge in [-0.2, -0.15) is 0 Å². The van der Waals surface area contributed by atoms with Crippen LogP contribution in [0.3, 0.4) is 0 Å². The summed E-state index contributed by atoms with van der Waals surface area (Å²) >= 11 is 0. The number of unbranched alkanes of at least 4 members (excludes halogenated alkanes) is 6. The van der Waals surface area contributed by atoms with E-state index in [1.807, 2.05) is 32.9 Å². The van der Waals surface area contributed by atoms with Crippen LogP contribution in [0.15, 0.2) is 12.2 Å². The summed E-state index contributed by atoms with van der Waals surface area (Å²) in [5.74, 6) is -1.39. The molecule has 5 atom stereocenters. The molecule has 0 aromatic carbocycles. The van der Waals surface area contributed by atoms with Gasteiger partial charge in [-0.1, -0.05) is 71.4 Å². The Morgan fingerprint density at radius 3 is 1.90 bits per heavy atom. The molecule has 0 fully saturated rings. The Kier molecular flexibility index (Phi) is 13.0. The molecular formula is C25H44O4. The number of carbonyl (C=O) groups excluding carboxylic acids is 2. The Morgan fingerprint density at radius 1 is 0.862 bits per heavy atom. The first-order valence-electron chi connectivity index (χ1n) is 12.0. The topological polar surface area (TPSA) is 52.6 Å². The molecular weight excluding hydrogens is 364 g/mol. The van der Waals surface area contributed by atoms with Crippen molar-refractivity contribution in [3.63, 3.8) is 0 Å². The van der Waals surface area contributed by atoms with Crippen molar-refractivity contribution in [2.75, 3.05) is 0 Å². The molecule has 0 N–H and O–H groups in total. The van der Waals surface area contributed by atoms with E-state index in [9.17, 15) is 9.59 Å². The molecule has 168 valence electrons. The van der Waals surface area contributed by atoms with Gasteiger partial charge >= 0.3 is 11.9 Å². The van der Waals surface area contributed by atoms with Crippen LogP contribution in [-0.4, -0.2) is 24.1 Å². The van der Waals surface area contributed by atoms with Gasteiger partial charge in [-0.3, -0.25) is 9.59 Å². The molecule has 0 saturated carbocycles. The fraction of sp³-hybridized carbons (Fsp3) is 0.840. The summed E-state index contributed by atoms with van der Waals surface area (Å²) in [5.41, 5.74) is 0. The number of esters is 2. The summed E-state index contributed by atoms with van der Waals surface area (Å²) in [4.78, 5) is 25.7. The predicted octanol–water partition coefficient (Wildman–Crippen LogP) is 6.62. The summed E-state index contributed by atoms with van der Waals surface area (Å²) in [7, 11) is 0. The fourth-order valence-electron chi connectivity index (χ4n) is 4.09. The van der Waals surface area contributed by atoms with Gasteiger partial charge in [-0.15, -0.1) is 0 Å². The third kappa shape index (κ3) is 9.82. The van der Waals surface area contributed by atoms with Crippen LogP contribution in [0.4, 0.5) is 0 Å². The van der Waals surface area contributed by atoms with E-state index in [0.717, 1.165) is 25.7 Å². The molecule has 1 rings (SSSR count). The van der Waals surface area contributed by atoms with Crippen molar-refractivity contribution >= 4 is 11.9 Å². The first-order valence-corrected chi connectivity index (χ1v) is 12.0. The second-order valence-corrected chi connectivity index (χ2v) is 8.85. The zero-order valence-corrected chi connectivity index (χ0v) is 19.5. The number of carbonyl (C=O) groups is 2. The van der Waals surface area contributed by atoms with Crippen LogP contribution in [-0.2, 0) is 19.1 Å². The Hall–Kier alpha value is -1.32. The average molecular weight is 409 g/mol. The van der Waals surface area contributed by atoms with Gasteiger partial charge in [0.25, 0.3) is 0 Å². The molecule has 1 aliphatic rings. The van der Waals surface area contributed by atoms with Gasteiger partial charge in [0.05, 0.1) is 24.0 Å². The van der Waals surface area contributed by atoms with E-state index < -0.39 is 11.8 Å². The van der Waals surface area contributed by atoms with Crippen molar-refractivity contribution in [1.82, 2.24) is 0 Å². The lowest BCUT2D eigenvalue weighted by molar-refractivity contribution is -0.168. The average Bonchev–Trinajstić information content (AvgIpc) is 2.68. The lowest BCUT2D eigenvalue weighted by atomic mass is 9.76. The quantitative estimate of drug-likeness (QED) is 0.184. The van der Waals surface area contributed by atoms with Gasteiger partial charge in [-0.25, -0.2) is 0 Å². The van der Waals surface area contributed by atoms with Crippen molar-refractivity contribution in [3.8, 4) is 0 Å². The number of ether oxygens (including phenoxy) is 2. The van der Waals surface area contributed by atoms with Gasteiger partial charge in [0.1, 0.15) is 0 Å². The van der Waals surface area contributed by atoms with Crippen LogP contribution in [0.2, 0.25) is 0 Å². The molecule has 5 unspecified atom stereocenters. The smallest absolute Gasteiger partial charge is 0.310 e. The van der Waals surface area contributed by atoms with Crippen molar-refractivity contribution in [3.05, 3.63) is 12.2 Å². The summed E-state index contributed by atoms with van der Waals surface area (Å²) in [6.45, 7) is 10.3. The van der Waals surface area contributed by atoms with E-state index >= 15 is 0 Å². The maximum atomic E-state index is 12.9. The fourth-order valence-corrected chi connectivity index (χ4v) is 4.09.